The van der Waals surface area contributed by atoms with Gasteiger partial charge in [-0.05, 0) is 132 Å². The summed E-state index contributed by atoms with van der Waals surface area (Å²) in [7, 11) is 0. The number of carbonyl (C=O) groups is 19. The summed E-state index contributed by atoms with van der Waals surface area (Å²) >= 11 is 0. The van der Waals surface area contributed by atoms with Crippen LogP contribution in [0.25, 0.3) is 10.9 Å². The molecule has 3 rings (SSSR count). The number of aromatic nitrogens is 1. The second-order valence-corrected chi connectivity index (χ2v) is 31.4. The van der Waals surface area contributed by atoms with Crippen molar-refractivity contribution in [3.63, 3.8) is 0 Å². The summed E-state index contributed by atoms with van der Waals surface area (Å²) in [5, 5.41) is 66.5. The standard InChI is InChI=1S/C81H128N22O22/c1-8-44(6)67(80(123)100-58(36-46-18-10-9-11-19-46)76(119)98-56(34-42(2)3)74(117)93-51(23-15-17-33-83)71(114)95-54(26-30-64(87)108)72(115)97-57(35-43(4)5)75(118)96-55(81(124)125)27-31-65(88)109)103-77(120)59(37-47-39-89-49-21-13-12-20-48(47)49)99-78(121)60(40-104)102-79(122)61(41-105)101-73(116)53(25-29-63(86)107)92-68(111)45(7)90-69(112)52(24-28-62(85)106)94-70(113)50(22-14-16-32-82)91-66(110)38-84/h9-13,18-21,39,42-45,50-61,67,89,104-105H,8,14-17,22-38,40-41,82-84H2,1-7H3,(H2,85,106)(H2,86,107)(H2,87,108)(H2,88,109)(H,90,112)(H,91,110)(H,92,111)(H,93,117)(H,94,113)(H,95,114)(H,96,118)(H,97,115)(H,98,119)(H,99,121)(H,100,123)(H,101,116)(H,102,122)(H,103,120)(H,124,125)/t44-,45-,50-,51-,52-,53-,54-,55-,56-,57-,58-,59-,60-,61-,67-/m0/s1. The average molecular weight is 1760 g/mol. The summed E-state index contributed by atoms with van der Waals surface area (Å²) < 4.78 is 0. The second kappa shape index (κ2) is 55.8. The Morgan fingerprint density at radius 3 is 1.11 bits per heavy atom. The molecule has 0 bridgehead atoms. The van der Waals surface area contributed by atoms with Gasteiger partial charge in [0.05, 0.1) is 19.8 Å². The molecule has 18 amide bonds. The number of aliphatic carboxylic acids is 1. The predicted molar refractivity (Wildman–Crippen MR) is 454 cm³/mol. The molecule has 3 aromatic rings. The number of amides is 18. The molecule has 0 fully saturated rings. The smallest absolute Gasteiger partial charge is 0.326 e. The van der Waals surface area contributed by atoms with Crippen LogP contribution in [0.5, 0.6) is 0 Å². The van der Waals surface area contributed by atoms with Gasteiger partial charge in [0, 0.05) is 55.6 Å². The molecular weight excluding hydrogens is 1630 g/mol. The van der Waals surface area contributed by atoms with E-state index in [1.54, 1.807) is 102 Å². The number of aromatic amines is 1. The number of H-pyrrole nitrogens is 1. The minimum absolute atomic E-state index is 0.0569. The third-order valence-electron chi connectivity index (χ3n) is 20.1. The van der Waals surface area contributed by atoms with E-state index in [4.69, 9.17) is 40.1 Å². The Morgan fingerprint density at radius 1 is 0.360 bits per heavy atom. The first-order valence-electron chi connectivity index (χ1n) is 41.6. The Morgan fingerprint density at radius 2 is 0.696 bits per heavy atom. The second-order valence-electron chi connectivity index (χ2n) is 31.4. The van der Waals surface area contributed by atoms with E-state index in [1.807, 2.05) is 0 Å². The summed E-state index contributed by atoms with van der Waals surface area (Å²) in [5.41, 5.74) is 39.9. The van der Waals surface area contributed by atoms with Gasteiger partial charge < -0.3 is 135 Å². The van der Waals surface area contributed by atoms with E-state index < -0.39 is 261 Å². The first kappa shape index (κ1) is 107. The van der Waals surface area contributed by atoms with Crippen LogP contribution >= 0.6 is 0 Å². The normalized spacial score (nSPS) is 14.8. The van der Waals surface area contributed by atoms with Crippen LogP contribution in [0.4, 0.5) is 0 Å². The zero-order valence-corrected chi connectivity index (χ0v) is 71.7. The molecule has 0 radical (unpaired) electrons. The number of carboxylic acid groups (broad SMARTS) is 1. The molecule has 44 heteroatoms. The minimum atomic E-state index is -2.00. The Labute approximate surface area is 723 Å². The first-order valence-corrected chi connectivity index (χ1v) is 41.6. The topological polar surface area (TPSA) is 751 Å². The number of hydrogen-bond acceptors (Lipinski definition) is 24. The molecule has 0 saturated carbocycles. The number of aliphatic hydroxyl groups excluding tert-OH is 2. The number of primary amides is 4. The van der Waals surface area contributed by atoms with Gasteiger partial charge in [-0.25, -0.2) is 4.79 Å². The summed E-state index contributed by atoms with van der Waals surface area (Å²) in [4.78, 5) is 261. The van der Waals surface area contributed by atoms with E-state index in [9.17, 15) is 92.0 Å². The van der Waals surface area contributed by atoms with Gasteiger partial charge in [-0.3, -0.25) is 86.3 Å². The zero-order chi connectivity index (χ0) is 93.7. The van der Waals surface area contributed by atoms with Gasteiger partial charge >= 0.3 is 5.97 Å². The molecule has 0 unspecified atom stereocenters. The van der Waals surface area contributed by atoms with Crippen molar-refractivity contribution < 1.29 is 106 Å². The molecule has 0 aliphatic rings. The maximum atomic E-state index is 15.1. The maximum absolute atomic E-state index is 15.1. The Bertz CT molecular complexity index is 4150. The fourth-order valence-corrected chi connectivity index (χ4v) is 12.9. The Kier molecular flexibility index (Phi) is 47.7. The lowest BCUT2D eigenvalue weighted by Gasteiger charge is -2.30. The van der Waals surface area contributed by atoms with E-state index in [0.717, 1.165) is 6.92 Å². The van der Waals surface area contributed by atoms with Crippen molar-refractivity contribution in [2.45, 2.75) is 255 Å². The number of rotatable bonds is 61. The number of hydrogen-bond donors (Lipinski definition) is 25. The molecule has 32 N–H and O–H groups in total. The molecule has 1 aromatic heterocycles. The number of carbonyl (C=O) groups excluding carboxylic acids is 18. The van der Waals surface area contributed by atoms with Crippen LogP contribution in [-0.4, -0.2) is 250 Å². The van der Waals surface area contributed by atoms with Crippen molar-refractivity contribution in [2.24, 2.45) is 57.9 Å². The molecular formula is C81H128N22O22. The highest BCUT2D eigenvalue weighted by Gasteiger charge is 2.40. The van der Waals surface area contributed by atoms with E-state index in [2.05, 4.69) is 79.4 Å². The number of unbranched alkanes of at least 4 members (excludes halogenated alkanes) is 2. The number of fused-ring (bicyclic) bond motifs is 1. The lowest BCUT2D eigenvalue weighted by atomic mass is 9.96. The third kappa shape index (κ3) is 39.0. The van der Waals surface area contributed by atoms with E-state index in [-0.39, 0.29) is 89.1 Å². The predicted octanol–water partition coefficient (Wildman–Crippen LogP) is -6.75. The van der Waals surface area contributed by atoms with Crippen molar-refractivity contribution in [3.05, 3.63) is 71.9 Å². The maximum Gasteiger partial charge on any atom is 0.326 e. The largest absolute Gasteiger partial charge is 0.480 e. The van der Waals surface area contributed by atoms with Crippen LogP contribution < -0.4 is 115 Å². The van der Waals surface area contributed by atoms with E-state index in [0.29, 0.717) is 41.3 Å². The van der Waals surface area contributed by atoms with Crippen molar-refractivity contribution >= 4 is 123 Å². The molecule has 694 valence electrons. The highest BCUT2D eigenvalue weighted by atomic mass is 16.4. The van der Waals surface area contributed by atoms with Gasteiger partial charge in [0.2, 0.25) is 106 Å². The average Bonchev–Trinajstić information content (AvgIpc) is 1.70. The monoisotopic (exact) mass is 1760 g/mol. The number of para-hydroxylation sites is 1. The Balaban J connectivity index is 2.00. The number of benzene rings is 2. The SMILES string of the molecule is CC[C@H](C)[C@H](NC(=O)[C@H](Cc1c[nH]c2ccccc12)NC(=O)[C@H](CO)NC(=O)[C@H](CO)NC(=O)[C@H](CCC(N)=O)NC(=O)[C@H](C)NC(=O)[C@H](CCC(N)=O)NC(=O)[C@H](CCCCN)NC(=O)CN)C(=O)N[C@@H](Cc1ccccc1)C(=O)N[C@@H](CC(C)C)C(=O)N[C@@H](CCCCN)C(=O)N[C@@H](CCC(N)=O)C(=O)N[C@@H](CC(C)C)C(=O)N[C@@H](CCC(N)=O)C(=O)O. The molecule has 44 nitrogen and oxygen atoms in total. The van der Waals surface area contributed by atoms with Gasteiger partial charge in [-0.1, -0.05) is 96.5 Å². The van der Waals surface area contributed by atoms with Crippen LogP contribution in [0.2, 0.25) is 0 Å². The van der Waals surface area contributed by atoms with Crippen molar-refractivity contribution in [2.75, 3.05) is 32.8 Å². The quantitative estimate of drug-likeness (QED) is 0.0234. The fraction of sp³-hybridized carbons (Fsp3) is 0.593. The molecule has 0 saturated heterocycles. The zero-order valence-electron chi connectivity index (χ0n) is 71.7. The number of aliphatic hydroxyl groups is 2. The highest BCUT2D eigenvalue weighted by molar-refractivity contribution is 6.01. The summed E-state index contributed by atoms with van der Waals surface area (Å²) in [6, 6.07) is -7.12. The van der Waals surface area contributed by atoms with E-state index >= 15 is 14.4 Å². The summed E-state index contributed by atoms with van der Waals surface area (Å²) in [5.74, 6) is -20.6. The molecule has 2 aromatic carbocycles. The fourth-order valence-electron chi connectivity index (χ4n) is 12.9. The number of carboxylic acids is 1. The molecule has 1 heterocycles. The van der Waals surface area contributed by atoms with Gasteiger partial charge in [-0.15, -0.1) is 0 Å². The van der Waals surface area contributed by atoms with Gasteiger partial charge in [0.1, 0.15) is 84.6 Å². The molecule has 0 aliphatic heterocycles. The van der Waals surface area contributed by atoms with Crippen molar-refractivity contribution in [1.82, 2.24) is 79.4 Å². The summed E-state index contributed by atoms with van der Waals surface area (Å²) in [6.45, 7) is 8.88. The third-order valence-corrected chi connectivity index (χ3v) is 20.1. The molecule has 125 heavy (non-hydrogen) atoms. The van der Waals surface area contributed by atoms with E-state index in [1.165, 1.54) is 0 Å². The molecule has 15 atom stereocenters. The lowest BCUT2D eigenvalue weighted by Crippen LogP contribution is -2.62. The van der Waals surface area contributed by atoms with Crippen LogP contribution in [-0.2, 0) is 104 Å². The van der Waals surface area contributed by atoms with Crippen LogP contribution in [0, 0.1) is 17.8 Å². The van der Waals surface area contributed by atoms with Crippen LogP contribution in [0.1, 0.15) is 169 Å². The number of nitrogens with one attached hydrogen (secondary N) is 15. The summed E-state index contributed by atoms with van der Waals surface area (Å²) in [6.07, 6.45) is -1.17. The van der Waals surface area contributed by atoms with Gasteiger partial charge in [-0.2, -0.15) is 0 Å². The van der Waals surface area contributed by atoms with Crippen molar-refractivity contribution in [3.8, 4) is 0 Å². The minimum Gasteiger partial charge on any atom is -0.480 e. The number of nitrogens with two attached hydrogens (primary N) is 7. The van der Waals surface area contributed by atoms with Crippen molar-refractivity contribution in [1.29, 1.82) is 0 Å². The van der Waals surface area contributed by atoms with Crippen LogP contribution in [0.3, 0.4) is 0 Å². The van der Waals surface area contributed by atoms with Gasteiger partial charge in [0.25, 0.3) is 0 Å². The Hall–Kier alpha value is -12.3. The lowest BCUT2D eigenvalue weighted by molar-refractivity contribution is -0.143. The van der Waals surface area contributed by atoms with Crippen LogP contribution in [0.15, 0.2) is 60.8 Å². The molecule has 0 spiro atoms. The van der Waals surface area contributed by atoms with Gasteiger partial charge in [0.15, 0.2) is 0 Å². The highest BCUT2D eigenvalue weighted by Crippen LogP contribution is 2.21. The molecule has 0 aliphatic carbocycles. The first-order chi connectivity index (χ1) is 59.1.